The number of nitrogens with zero attached hydrogens (tertiary/aromatic N) is 2. The highest BCUT2D eigenvalue weighted by molar-refractivity contribution is 6.25. The second-order valence-electron chi connectivity index (χ2n) is 18.4. The molecule has 67 heavy (non-hydrogen) atoms. The number of hydrogen-bond donors (Lipinski definition) is 0. The van der Waals surface area contributed by atoms with E-state index in [2.05, 4.69) is 218 Å². The van der Waals surface area contributed by atoms with Gasteiger partial charge in [0.25, 0.3) is 0 Å². The van der Waals surface area contributed by atoms with E-state index in [1.165, 1.54) is 76.8 Å². The van der Waals surface area contributed by atoms with Crippen molar-refractivity contribution in [2.75, 3.05) is 9.80 Å². The van der Waals surface area contributed by atoms with E-state index >= 15 is 0 Å². The van der Waals surface area contributed by atoms with Crippen molar-refractivity contribution in [1.29, 1.82) is 0 Å². The third-order valence-electron chi connectivity index (χ3n) is 14.4. The normalized spacial score (nSPS) is 13.8. The number of anilines is 6. The van der Waals surface area contributed by atoms with Crippen LogP contribution in [0.25, 0.3) is 65.7 Å². The third kappa shape index (κ3) is 5.54. The van der Waals surface area contributed by atoms with Gasteiger partial charge in [0.1, 0.15) is 0 Å². The van der Waals surface area contributed by atoms with Crippen LogP contribution in [0.2, 0.25) is 0 Å². The maximum atomic E-state index is 6.53. The molecule has 4 heteroatoms. The van der Waals surface area contributed by atoms with Crippen LogP contribution >= 0.6 is 0 Å². The predicted molar refractivity (Wildman–Crippen MR) is 277 cm³/mol. The van der Waals surface area contributed by atoms with Gasteiger partial charge in [0.05, 0.1) is 22.7 Å². The van der Waals surface area contributed by atoms with Gasteiger partial charge in [-0.05, 0) is 156 Å². The summed E-state index contributed by atoms with van der Waals surface area (Å²) in [7, 11) is 0. The van der Waals surface area contributed by atoms with Gasteiger partial charge in [-0.2, -0.15) is 0 Å². The Kier molecular flexibility index (Phi) is 8.00. The highest BCUT2D eigenvalue weighted by atomic mass is 16.5. The van der Waals surface area contributed by atoms with Crippen molar-refractivity contribution in [2.45, 2.75) is 19.3 Å². The molecule has 1 aliphatic carbocycles. The molecule has 316 valence electrons. The van der Waals surface area contributed by atoms with Gasteiger partial charge in [-0.15, -0.1) is 0 Å². The smallest absolute Gasteiger partial charge is 0.151 e. The Balaban J connectivity index is 1.11. The summed E-state index contributed by atoms with van der Waals surface area (Å²) in [6, 6.07) is 79.2. The molecule has 0 unspecified atom stereocenters. The lowest BCUT2D eigenvalue weighted by atomic mass is 9.80. The maximum absolute atomic E-state index is 6.53. The molecular formula is C63H42N2O2. The summed E-state index contributed by atoms with van der Waals surface area (Å²) >= 11 is 0. The number of hydrogen-bond acceptors (Lipinski definition) is 4. The minimum atomic E-state index is -0.174. The predicted octanol–water partition coefficient (Wildman–Crippen LogP) is 17.9. The number of para-hydroxylation sites is 8. The van der Waals surface area contributed by atoms with Crippen molar-refractivity contribution in [3.8, 4) is 56.4 Å². The molecule has 3 aliphatic rings. The average molecular weight is 859 g/mol. The number of fused-ring (bicyclic) bond motifs is 10. The van der Waals surface area contributed by atoms with Crippen LogP contribution in [0.3, 0.4) is 0 Å². The lowest BCUT2D eigenvalue weighted by Crippen LogP contribution is -2.16. The Morgan fingerprint density at radius 1 is 0.328 bits per heavy atom. The molecule has 11 aromatic carbocycles. The summed E-state index contributed by atoms with van der Waals surface area (Å²) in [5.74, 6) is 3.32. The van der Waals surface area contributed by atoms with Gasteiger partial charge in [0.15, 0.2) is 23.0 Å². The van der Waals surface area contributed by atoms with E-state index in [9.17, 15) is 0 Å². The van der Waals surface area contributed by atoms with Gasteiger partial charge in [-0.1, -0.05) is 153 Å². The van der Waals surface area contributed by atoms with E-state index in [1.807, 2.05) is 24.3 Å². The summed E-state index contributed by atoms with van der Waals surface area (Å²) in [5, 5.41) is 7.14. The summed E-state index contributed by atoms with van der Waals surface area (Å²) < 4.78 is 13.0. The SMILES string of the molecule is CC1(C)c2ccccc2-c2ccc(-c3c4cc(N5c6ccccc6Oc6ccccc65)ccc4c(-c4cccc5ccccc45)c4cc(N5c6ccccc6Oc6ccccc65)ccc34)cc21. The Morgan fingerprint density at radius 2 is 0.791 bits per heavy atom. The first-order valence-corrected chi connectivity index (χ1v) is 23.1. The molecule has 0 amide bonds. The molecule has 0 bridgehead atoms. The van der Waals surface area contributed by atoms with Crippen LogP contribution in [0.15, 0.2) is 218 Å². The highest BCUT2D eigenvalue weighted by Crippen LogP contribution is 2.56. The zero-order valence-corrected chi connectivity index (χ0v) is 37.0. The lowest BCUT2D eigenvalue weighted by molar-refractivity contribution is 0.477. The first-order valence-electron chi connectivity index (χ1n) is 23.1. The molecule has 4 nitrogen and oxygen atoms in total. The van der Waals surface area contributed by atoms with E-state index < -0.39 is 0 Å². The van der Waals surface area contributed by atoms with Gasteiger partial charge in [-0.25, -0.2) is 0 Å². The van der Waals surface area contributed by atoms with Crippen molar-refractivity contribution in [1.82, 2.24) is 0 Å². The fourth-order valence-electron chi connectivity index (χ4n) is 11.4. The topological polar surface area (TPSA) is 24.9 Å². The van der Waals surface area contributed by atoms with Crippen LogP contribution in [-0.4, -0.2) is 0 Å². The van der Waals surface area contributed by atoms with Crippen molar-refractivity contribution >= 4 is 66.4 Å². The zero-order valence-electron chi connectivity index (χ0n) is 37.0. The van der Waals surface area contributed by atoms with E-state index in [1.54, 1.807) is 0 Å². The van der Waals surface area contributed by atoms with Gasteiger partial charge in [0.2, 0.25) is 0 Å². The van der Waals surface area contributed by atoms with Crippen LogP contribution in [0.4, 0.5) is 34.1 Å². The monoisotopic (exact) mass is 858 g/mol. The van der Waals surface area contributed by atoms with E-state index in [4.69, 9.17) is 9.47 Å². The number of ether oxygens (including phenoxy) is 2. The summed E-state index contributed by atoms with van der Waals surface area (Å²) in [6.07, 6.45) is 0. The molecule has 2 heterocycles. The Bertz CT molecular complexity index is 3790. The molecule has 14 rings (SSSR count). The fourth-order valence-corrected chi connectivity index (χ4v) is 11.4. The third-order valence-corrected chi connectivity index (χ3v) is 14.4. The van der Waals surface area contributed by atoms with Crippen LogP contribution < -0.4 is 19.3 Å². The number of rotatable bonds is 4. The van der Waals surface area contributed by atoms with Crippen molar-refractivity contribution < 1.29 is 9.47 Å². The second-order valence-corrected chi connectivity index (χ2v) is 18.4. The quantitative estimate of drug-likeness (QED) is 0.165. The molecule has 0 saturated carbocycles. The number of benzene rings is 11. The van der Waals surface area contributed by atoms with E-state index in [0.717, 1.165) is 57.1 Å². The van der Waals surface area contributed by atoms with Crippen LogP contribution in [0, 0.1) is 0 Å². The first-order chi connectivity index (χ1) is 33.0. The molecule has 11 aromatic rings. The van der Waals surface area contributed by atoms with Crippen LogP contribution in [0.1, 0.15) is 25.0 Å². The second kappa shape index (κ2) is 14.2. The first kappa shape index (κ1) is 37.7. The molecule has 0 spiro atoms. The van der Waals surface area contributed by atoms with Crippen LogP contribution in [0.5, 0.6) is 23.0 Å². The summed E-state index contributed by atoms with van der Waals surface area (Å²) in [5.41, 5.74) is 16.1. The molecule has 0 N–H and O–H groups in total. The molecule has 0 saturated heterocycles. The van der Waals surface area contributed by atoms with Gasteiger partial charge in [-0.3, -0.25) is 0 Å². The molecular weight excluding hydrogens is 817 g/mol. The highest BCUT2D eigenvalue weighted by Gasteiger charge is 2.36. The Morgan fingerprint density at radius 3 is 1.40 bits per heavy atom. The summed E-state index contributed by atoms with van der Waals surface area (Å²) in [4.78, 5) is 4.72. The van der Waals surface area contributed by atoms with E-state index in [-0.39, 0.29) is 5.41 Å². The van der Waals surface area contributed by atoms with Gasteiger partial charge in [0, 0.05) is 16.8 Å². The van der Waals surface area contributed by atoms with Crippen molar-refractivity contribution in [3.63, 3.8) is 0 Å². The summed E-state index contributed by atoms with van der Waals surface area (Å²) in [6.45, 7) is 4.74. The standard InChI is InChI=1S/C63H42N2O2/c1-63(2)51-21-6-5-19-44(51)45-33-30-40(36-52(45)63)61-47-34-31-42(65-55-24-9-13-28-59(55)67-60-29-14-10-25-56(60)65)38-50(47)62(46-20-15-17-39-16-3-4-18-43(39)46)48-35-32-41(37-49(48)61)64-53-22-7-11-26-57(53)66-58-27-12-8-23-54(58)64/h3-38H,1-2H3. The van der Waals surface area contributed by atoms with Gasteiger partial charge >= 0.3 is 0 Å². The molecule has 0 atom stereocenters. The average Bonchev–Trinajstić information content (AvgIpc) is 3.60. The minimum Gasteiger partial charge on any atom is -0.453 e. The fraction of sp³-hybridized carbons (Fsp3) is 0.0476. The molecule has 0 radical (unpaired) electrons. The zero-order chi connectivity index (χ0) is 44.4. The Labute approximate surface area is 389 Å². The van der Waals surface area contributed by atoms with E-state index in [0.29, 0.717) is 0 Å². The van der Waals surface area contributed by atoms with Crippen LogP contribution in [-0.2, 0) is 5.41 Å². The van der Waals surface area contributed by atoms with Crippen molar-refractivity contribution in [2.24, 2.45) is 0 Å². The van der Waals surface area contributed by atoms with Gasteiger partial charge < -0.3 is 19.3 Å². The molecule has 2 aliphatic heterocycles. The largest absolute Gasteiger partial charge is 0.453 e. The van der Waals surface area contributed by atoms with Crippen molar-refractivity contribution in [3.05, 3.63) is 230 Å². The molecule has 0 aromatic heterocycles. The maximum Gasteiger partial charge on any atom is 0.151 e. The minimum absolute atomic E-state index is 0.174. The lowest BCUT2D eigenvalue weighted by Gasteiger charge is -2.33. The Hall–Kier alpha value is -8.60. The molecule has 0 fully saturated rings.